The van der Waals surface area contributed by atoms with Gasteiger partial charge in [-0.1, -0.05) is 22.0 Å². The van der Waals surface area contributed by atoms with Crippen LogP contribution in [0.1, 0.15) is 5.56 Å². The van der Waals surface area contributed by atoms with Gasteiger partial charge >= 0.3 is 0 Å². The van der Waals surface area contributed by atoms with Crippen LogP contribution in [0.2, 0.25) is 0 Å². The number of hydrogen-bond donors (Lipinski definition) is 1. The summed E-state index contributed by atoms with van der Waals surface area (Å²) < 4.78 is 11.7. The van der Waals surface area contributed by atoms with E-state index in [1.165, 1.54) is 0 Å². The highest BCUT2D eigenvalue weighted by atomic mass is 79.9. The van der Waals surface area contributed by atoms with E-state index in [0.717, 1.165) is 27.2 Å². The number of halogens is 1. The van der Waals surface area contributed by atoms with Crippen LogP contribution in [0.15, 0.2) is 46.9 Å². The van der Waals surface area contributed by atoms with Crippen molar-refractivity contribution < 1.29 is 9.47 Å². The Morgan fingerprint density at radius 1 is 1.06 bits per heavy atom. The molecule has 3 nitrogen and oxygen atoms in total. The zero-order chi connectivity index (χ0) is 13.0. The number of nitrogens with two attached hydrogens (primary N) is 1. The summed E-state index contributed by atoms with van der Waals surface area (Å²) in [7, 11) is 1.64. The molecule has 0 aromatic heterocycles. The summed E-state index contributed by atoms with van der Waals surface area (Å²) in [5, 5.41) is 0. The van der Waals surface area contributed by atoms with Crippen molar-refractivity contribution in [2.24, 2.45) is 0 Å². The zero-order valence-electron chi connectivity index (χ0n) is 10.0. The Morgan fingerprint density at radius 2 is 1.72 bits per heavy atom. The quantitative estimate of drug-likeness (QED) is 0.877. The number of rotatable bonds is 4. The maximum atomic E-state index is 5.69. The molecular weight excluding hydrogens is 294 g/mol. The van der Waals surface area contributed by atoms with Gasteiger partial charge in [-0.15, -0.1) is 0 Å². The molecule has 0 atom stereocenters. The first-order valence-electron chi connectivity index (χ1n) is 5.50. The molecule has 2 N–H and O–H groups in total. The van der Waals surface area contributed by atoms with Crippen LogP contribution in [0.25, 0.3) is 0 Å². The van der Waals surface area contributed by atoms with Crippen LogP contribution in [0, 0.1) is 0 Å². The molecule has 0 unspecified atom stereocenters. The number of nitrogen functional groups attached to an aromatic ring is 1. The molecule has 0 spiro atoms. The molecule has 2 aromatic rings. The first-order valence-corrected chi connectivity index (χ1v) is 6.29. The van der Waals surface area contributed by atoms with Crippen molar-refractivity contribution >= 4 is 21.6 Å². The Morgan fingerprint density at radius 3 is 2.33 bits per heavy atom. The van der Waals surface area contributed by atoms with E-state index in [1.54, 1.807) is 7.11 Å². The fourth-order valence-corrected chi connectivity index (χ4v) is 2.02. The molecular formula is C14H14BrNO2. The van der Waals surface area contributed by atoms with Gasteiger partial charge in [0.2, 0.25) is 0 Å². The van der Waals surface area contributed by atoms with Crippen LogP contribution in [0.5, 0.6) is 11.5 Å². The second-order valence-corrected chi connectivity index (χ2v) is 4.67. The van der Waals surface area contributed by atoms with Crippen LogP contribution < -0.4 is 15.2 Å². The molecule has 2 rings (SSSR count). The molecule has 0 saturated carbocycles. The zero-order valence-corrected chi connectivity index (χ0v) is 11.6. The van der Waals surface area contributed by atoms with E-state index in [1.807, 2.05) is 42.5 Å². The lowest BCUT2D eigenvalue weighted by Crippen LogP contribution is -1.97. The molecule has 2 aromatic carbocycles. The lowest BCUT2D eigenvalue weighted by atomic mass is 10.2. The Balaban J connectivity index is 2.02. The van der Waals surface area contributed by atoms with Crippen molar-refractivity contribution in [3.05, 3.63) is 52.5 Å². The van der Waals surface area contributed by atoms with Crippen LogP contribution in [0.3, 0.4) is 0 Å². The van der Waals surface area contributed by atoms with Gasteiger partial charge in [0.1, 0.15) is 18.1 Å². The molecule has 0 fully saturated rings. The van der Waals surface area contributed by atoms with E-state index in [9.17, 15) is 0 Å². The van der Waals surface area contributed by atoms with Crippen LogP contribution >= 0.6 is 15.9 Å². The topological polar surface area (TPSA) is 44.5 Å². The summed E-state index contributed by atoms with van der Waals surface area (Å²) in [6.45, 7) is 0.493. The fraction of sp³-hybridized carbons (Fsp3) is 0.143. The largest absolute Gasteiger partial charge is 0.497 e. The minimum absolute atomic E-state index is 0.493. The SMILES string of the molecule is COc1ccc(OCc2ccc(N)cc2Br)cc1. The second kappa shape index (κ2) is 5.78. The molecule has 0 amide bonds. The summed E-state index contributed by atoms with van der Waals surface area (Å²) in [6, 6.07) is 13.2. The molecule has 0 aliphatic heterocycles. The molecule has 0 aliphatic carbocycles. The van der Waals surface area contributed by atoms with E-state index in [4.69, 9.17) is 15.2 Å². The molecule has 18 heavy (non-hydrogen) atoms. The second-order valence-electron chi connectivity index (χ2n) is 3.82. The first-order chi connectivity index (χ1) is 8.69. The predicted molar refractivity (Wildman–Crippen MR) is 75.9 cm³/mol. The van der Waals surface area contributed by atoms with E-state index < -0.39 is 0 Å². The van der Waals surface area contributed by atoms with Gasteiger partial charge in [-0.25, -0.2) is 0 Å². The average Bonchev–Trinajstić information content (AvgIpc) is 2.38. The predicted octanol–water partition coefficient (Wildman–Crippen LogP) is 3.62. The van der Waals surface area contributed by atoms with E-state index in [-0.39, 0.29) is 0 Å². The van der Waals surface area contributed by atoms with E-state index >= 15 is 0 Å². The highest BCUT2D eigenvalue weighted by molar-refractivity contribution is 9.10. The standard InChI is InChI=1S/C14H14BrNO2/c1-17-12-4-6-13(7-5-12)18-9-10-2-3-11(16)8-14(10)15/h2-8H,9,16H2,1H3. The number of ether oxygens (including phenoxy) is 2. The smallest absolute Gasteiger partial charge is 0.120 e. The van der Waals surface area contributed by atoms with Gasteiger partial charge in [-0.2, -0.15) is 0 Å². The van der Waals surface area contributed by atoms with E-state index in [0.29, 0.717) is 6.61 Å². The third-order valence-corrected chi connectivity index (χ3v) is 3.27. The highest BCUT2D eigenvalue weighted by Crippen LogP contribution is 2.23. The van der Waals surface area contributed by atoms with Crippen molar-refractivity contribution in [2.45, 2.75) is 6.61 Å². The van der Waals surface area contributed by atoms with Crippen molar-refractivity contribution in [1.29, 1.82) is 0 Å². The van der Waals surface area contributed by atoms with Gasteiger partial charge in [-0.05, 0) is 36.4 Å². The number of hydrogen-bond acceptors (Lipinski definition) is 3. The first kappa shape index (κ1) is 12.8. The van der Waals surface area contributed by atoms with Crippen molar-refractivity contribution in [3.8, 4) is 11.5 Å². The molecule has 0 saturated heterocycles. The molecule has 4 heteroatoms. The van der Waals surface area contributed by atoms with Gasteiger partial charge in [0.25, 0.3) is 0 Å². The van der Waals surface area contributed by atoms with Gasteiger partial charge in [0.15, 0.2) is 0 Å². The summed E-state index contributed by atoms with van der Waals surface area (Å²) >= 11 is 3.46. The third-order valence-electron chi connectivity index (χ3n) is 2.53. The summed E-state index contributed by atoms with van der Waals surface area (Å²) in [5.74, 6) is 1.62. The Kier molecular flexibility index (Phi) is 4.10. The van der Waals surface area contributed by atoms with Gasteiger partial charge < -0.3 is 15.2 Å². The minimum atomic E-state index is 0.493. The van der Waals surface area contributed by atoms with Gasteiger partial charge in [0.05, 0.1) is 7.11 Å². The van der Waals surface area contributed by atoms with Gasteiger partial charge in [-0.3, -0.25) is 0 Å². The minimum Gasteiger partial charge on any atom is -0.497 e. The molecule has 0 aliphatic rings. The van der Waals surface area contributed by atoms with Crippen molar-refractivity contribution in [1.82, 2.24) is 0 Å². The monoisotopic (exact) mass is 307 g/mol. The average molecular weight is 308 g/mol. The Labute approximate surface area is 115 Å². The molecule has 94 valence electrons. The van der Waals surface area contributed by atoms with Crippen LogP contribution in [-0.2, 0) is 6.61 Å². The number of anilines is 1. The lowest BCUT2D eigenvalue weighted by molar-refractivity contribution is 0.304. The van der Waals surface area contributed by atoms with Gasteiger partial charge in [0, 0.05) is 15.7 Å². The third kappa shape index (κ3) is 3.17. The van der Waals surface area contributed by atoms with E-state index in [2.05, 4.69) is 15.9 Å². The highest BCUT2D eigenvalue weighted by Gasteiger charge is 2.02. The summed E-state index contributed by atoms with van der Waals surface area (Å²) in [5.41, 5.74) is 7.47. The van der Waals surface area contributed by atoms with Crippen LogP contribution in [0.4, 0.5) is 5.69 Å². The maximum Gasteiger partial charge on any atom is 0.120 e. The Hall–Kier alpha value is -1.68. The molecule has 0 radical (unpaired) electrons. The summed E-state index contributed by atoms with van der Waals surface area (Å²) in [6.07, 6.45) is 0. The normalized spacial score (nSPS) is 10.1. The van der Waals surface area contributed by atoms with Crippen LogP contribution in [-0.4, -0.2) is 7.11 Å². The van der Waals surface area contributed by atoms with Crippen molar-refractivity contribution in [3.63, 3.8) is 0 Å². The lowest BCUT2D eigenvalue weighted by Gasteiger charge is -2.09. The fourth-order valence-electron chi connectivity index (χ4n) is 1.51. The van der Waals surface area contributed by atoms with Crippen molar-refractivity contribution in [2.75, 3.05) is 12.8 Å². The summed E-state index contributed by atoms with van der Waals surface area (Å²) in [4.78, 5) is 0. The maximum absolute atomic E-state index is 5.69. The number of methoxy groups -OCH3 is 1. The Bertz CT molecular complexity index is 526. The number of benzene rings is 2. The molecule has 0 heterocycles. The molecule has 0 bridgehead atoms.